The number of hydrogen-bond donors (Lipinski definition) is 1. The van der Waals surface area contributed by atoms with E-state index in [2.05, 4.69) is 4.72 Å². The van der Waals surface area contributed by atoms with Gasteiger partial charge in [0.15, 0.2) is 11.6 Å². The van der Waals surface area contributed by atoms with Crippen LogP contribution in [-0.2, 0) is 24.3 Å². The molecule has 7 nitrogen and oxygen atoms in total. The molecule has 1 aromatic rings. The van der Waals surface area contributed by atoms with Gasteiger partial charge in [0, 0.05) is 26.7 Å². The largest absolute Gasteiger partial charge is 0.383 e. The maximum absolute atomic E-state index is 13.2. The SMILES string of the molecule is COCCN1CC(CNS(=O)(=O)c2ccc(F)c(F)c2)OCC1=O. The van der Waals surface area contributed by atoms with Crippen molar-refractivity contribution in [2.75, 3.05) is 40.0 Å². The molecule has 24 heavy (non-hydrogen) atoms. The van der Waals surface area contributed by atoms with Gasteiger partial charge in [0.2, 0.25) is 15.9 Å². The molecule has 1 heterocycles. The Morgan fingerprint density at radius 2 is 2.12 bits per heavy atom. The fraction of sp³-hybridized carbons (Fsp3) is 0.500. The van der Waals surface area contributed by atoms with Crippen LogP contribution in [0.1, 0.15) is 0 Å². The summed E-state index contributed by atoms with van der Waals surface area (Å²) >= 11 is 0. The van der Waals surface area contributed by atoms with E-state index in [4.69, 9.17) is 9.47 Å². The summed E-state index contributed by atoms with van der Waals surface area (Å²) in [7, 11) is -2.50. The molecule has 134 valence electrons. The summed E-state index contributed by atoms with van der Waals surface area (Å²) in [6.45, 7) is 0.700. The summed E-state index contributed by atoms with van der Waals surface area (Å²) in [6.07, 6.45) is -0.542. The summed E-state index contributed by atoms with van der Waals surface area (Å²) in [5, 5.41) is 0. The lowest BCUT2D eigenvalue weighted by molar-refractivity contribution is -0.149. The van der Waals surface area contributed by atoms with E-state index in [1.165, 1.54) is 12.0 Å². The number of ether oxygens (including phenoxy) is 2. The number of carbonyl (C=O) groups excluding carboxylic acids is 1. The minimum atomic E-state index is -4.01. The number of sulfonamides is 1. The summed E-state index contributed by atoms with van der Waals surface area (Å²) < 4.78 is 62.7. The minimum absolute atomic E-state index is 0.0991. The molecule has 1 saturated heterocycles. The number of halogens is 2. The summed E-state index contributed by atoms with van der Waals surface area (Å²) in [4.78, 5) is 12.8. The predicted molar refractivity (Wildman–Crippen MR) is 79.7 cm³/mol. The summed E-state index contributed by atoms with van der Waals surface area (Å²) in [5.41, 5.74) is 0. The lowest BCUT2D eigenvalue weighted by Crippen LogP contribution is -2.51. The molecule has 1 aromatic carbocycles. The van der Waals surface area contributed by atoms with E-state index in [1.54, 1.807) is 0 Å². The van der Waals surface area contributed by atoms with Crippen LogP contribution in [0.15, 0.2) is 23.1 Å². The minimum Gasteiger partial charge on any atom is -0.383 e. The van der Waals surface area contributed by atoms with Crippen molar-refractivity contribution in [3.8, 4) is 0 Å². The van der Waals surface area contributed by atoms with Gasteiger partial charge < -0.3 is 14.4 Å². The summed E-state index contributed by atoms with van der Waals surface area (Å²) in [5.74, 6) is -2.58. The van der Waals surface area contributed by atoms with Gasteiger partial charge in [-0.15, -0.1) is 0 Å². The van der Waals surface area contributed by atoms with Crippen LogP contribution in [0.5, 0.6) is 0 Å². The molecule has 1 atom stereocenters. The second kappa shape index (κ2) is 7.97. The molecular formula is C14H18F2N2O5S. The molecule has 0 radical (unpaired) electrons. The van der Waals surface area contributed by atoms with Crippen LogP contribution in [0.25, 0.3) is 0 Å². The number of carbonyl (C=O) groups is 1. The number of amides is 1. The predicted octanol–water partition coefficient (Wildman–Crippen LogP) is 0.117. The monoisotopic (exact) mass is 364 g/mol. The van der Waals surface area contributed by atoms with E-state index in [0.29, 0.717) is 19.2 Å². The van der Waals surface area contributed by atoms with Gasteiger partial charge in [-0.3, -0.25) is 4.79 Å². The van der Waals surface area contributed by atoms with Crippen LogP contribution >= 0.6 is 0 Å². The van der Waals surface area contributed by atoms with Crippen LogP contribution in [0.4, 0.5) is 8.78 Å². The van der Waals surface area contributed by atoms with Crippen molar-refractivity contribution >= 4 is 15.9 Å². The molecule has 0 bridgehead atoms. The molecular weight excluding hydrogens is 346 g/mol. The van der Waals surface area contributed by atoms with E-state index >= 15 is 0 Å². The van der Waals surface area contributed by atoms with Crippen LogP contribution in [-0.4, -0.2) is 65.3 Å². The van der Waals surface area contributed by atoms with E-state index in [0.717, 1.165) is 12.1 Å². The van der Waals surface area contributed by atoms with Gasteiger partial charge >= 0.3 is 0 Å². The third-order valence-electron chi connectivity index (χ3n) is 3.49. The lowest BCUT2D eigenvalue weighted by atomic mass is 10.2. The highest BCUT2D eigenvalue weighted by Crippen LogP contribution is 2.14. The van der Waals surface area contributed by atoms with Crippen LogP contribution < -0.4 is 4.72 Å². The van der Waals surface area contributed by atoms with Crippen molar-refractivity contribution in [1.82, 2.24) is 9.62 Å². The number of hydrogen-bond acceptors (Lipinski definition) is 5. The number of morpholine rings is 1. The van der Waals surface area contributed by atoms with E-state index in [9.17, 15) is 22.0 Å². The van der Waals surface area contributed by atoms with Crippen molar-refractivity contribution in [3.05, 3.63) is 29.8 Å². The van der Waals surface area contributed by atoms with E-state index < -0.39 is 27.8 Å². The maximum atomic E-state index is 13.2. The standard InChI is InChI=1S/C14H18F2N2O5S/c1-22-5-4-18-8-10(23-9-14(18)19)7-17-24(20,21)11-2-3-12(15)13(16)6-11/h2-3,6,10,17H,4-5,7-9H2,1H3. The first-order chi connectivity index (χ1) is 11.3. The third-order valence-corrected chi connectivity index (χ3v) is 4.91. The van der Waals surface area contributed by atoms with Crippen molar-refractivity contribution in [1.29, 1.82) is 0 Å². The van der Waals surface area contributed by atoms with Crippen LogP contribution in [0, 0.1) is 11.6 Å². The smallest absolute Gasteiger partial charge is 0.248 e. The van der Waals surface area contributed by atoms with E-state index in [1.807, 2.05) is 0 Å². The number of methoxy groups -OCH3 is 1. The molecule has 0 saturated carbocycles. The van der Waals surface area contributed by atoms with Crippen molar-refractivity contribution < 1.29 is 31.5 Å². The molecule has 1 amide bonds. The highest BCUT2D eigenvalue weighted by Gasteiger charge is 2.27. The molecule has 10 heteroatoms. The van der Waals surface area contributed by atoms with Crippen LogP contribution in [0.3, 0.4) is 0 Å². The first kappa shape index (κ1) is 18.7. The normalized spacial score (nSPS) is 18.9. The molecule has 2 rings (SSSR count). The van der Waals surface area contributed by atoms with Gasteiger partial charge in [-0.05, 0) is 18.2 Å². The molecule has 1 fully saturated rings. The van der Waals surface area contributed by atoms with Crippen molar-refractivity contribution in [3.63, 3.8) is 0 Å². The Kier molecular flexibility index (Phi) is 6.21. The van der Waals surface area contributed by atoms with Gasteiger partial charge in [-0.1, -0.05) is 0 Å². The Hall–Kier alpha value is -1.62. The molecule has 1 aliphatic rings. The molecule has 0 aromatic heterocycles. The first-order valence-electron chi connectivity index (χ1n) is 7.16. The fourth-order valence-electron chi connectivity index (χ4n) is 2.15. The first-order valence-corrected chi connectivity index (χ1v) is 8.65. The number of rotatable bonds is 7. The average molecular weight is 364 g/mol. The third kappa shape index (κ3) is 4.69. The highest BCUT2D eigenvalue weighted by molar-refractivity contribution is 7.89. The Labute approximate surface area is 138 Å². The molecule has 0 aliphatic carbocycles. The van der Waals surface area contributed by atoms with Gasteiger partial charge in [0.1, 0.15) is 6.61 Å². The van der Waals surface area contributed by atoms with Crippen LogP contribution in [0.2, 0.25) is 0 Å². The van der Waals surface area contributed by atoms with Gasteiger partial charge in [0.25, 0.3) is 0 Å². The van der Waals surface area contributed by atoms with E-state index in [-0.39, 0.29) is 30.5 Å². The topological polar surface area (TPSA) is 84.9 Å². The van der Waals surface area contributed by atoms with Gasteiger partial charge in [0.05, 0.1) is 17.6 Å². The van der Waals surface area contributed by atoms with Gasteiger partial charge in [-0.2, -0.15) is 0 Å². The van der Waals surface area contributed by atoms with Gasteiger partial charge in [-0.25, -0.2) is 21.9 Å². The van der Waals surface area contributed by atoms with Crippen molar-refractivity contribution in [2.24, 2.45) is 0 Å². The fourth-order valence-corrected chi connectivity index (χ4v) is 3.23. The molecule has 1 N–H and O–H groups in total. The lowest BCUT2D eigenvalue weighted by Gasteiger charge is -2.32. The Bertz CT molecular complexity index is 698. The molecule has 1 unspecified atom stereocenters. The maximum Gasteiger partial charge on any atom is 0.248 e. The number of nitrogens with zero attached hydrogens (tertiary/aromatic N) is 1. The second-order valence-electron chi connectivity index (χ2n) is 5.19. The quantitative estimate of drug-likeness (QED) is 0.743. The zero-order chi connectivity index (χ0) is 17.7. The Morgan fingerprint density at radius 3 is 2.79 bits per heavy atom. The average Bonchev–Trinajstić information content (AvgIpc) is 2.55. The Morgan fingerprint density at radius 1 is 1.38 bits per heavy atom. The molecule has 0 spiro atoms. The number of nitrogens with one attached hydrogen (secondary N) is 1. The number of benzene rings is 1. The zero-order valence-electron chi connectivity index (χ0n) is 13.0. The Balaban J connectivity index is 1.96. The summed E-state index contributed by atoms with van der Waals surface area (Å²) in [6, 6.07) is 2.32. The zero-order valence-corrected chi connectivity index (χ0v) is 13.8. The molecule has 1 aliphatic heterocycles. The second-order valence-corrected chi connectivity index (χ2v) is 6.96. The highest BCUT2D eigenvalue weighted by atomic mass is 32.2. The van der Waals surface area contributed by atoms with Crippen molar-refractivity contribution in [2.45, 2.75) is 11.0 Å².